The molecule has 0 radical (unpaired) electrons. The van der Waals surface area contributed by atoms with Gasteiger partial charge in [0.05, 0.1) is 13.5 Å². The number of carbonyl (C=O) groups is 2. The summed E-state index contributed by atoms with van der Waals surface area (Å²) in [6, 6.07) is 13.4. The highest BCUT2D eigenvalue weighted by Gasteiger charge is 2.14. The van der Waals surface area contributed by atoms with E-state index in [9.17, 15) is 9.59 Å². The number of methoxy groups -OCH3 is 1. The highest BCUT2D eigenvalue weighted by Crippen LogP contribution is 2.23. The maximum absolute atomic E-state index is 12.1. The van der Waals surface area contributed by atoms with E-state index in [0.717, 1.165) is 34.5 Å². The summed E-state index contributed by atoms with van der Waals surface area (Å²) in [5.74, 6) is 0.771. The second-order valence-electron chi connectivity index (χ2n) is 5.84. The third kappa shape index (κ3) is 3.93. The van der Waals surface area contributed by atoms with Crippen molar-refractivity contribution in [3.8, 4) is 5.75 Å². The van der Waals surface area contributed by atoms with Crippen molar-refractivity contribution in [3.05, 3.63) is 59.2 Å². The van der Waals surface area contributed by atoms with Gasteiger partial charge in [-0.1, -0.05) is 24.3 Å². The lowest BCUT2D eigenvalue weighted by Crippen LogP contribution is -2.25. The van der Waals surface area contributed by atoms with Crippen LogP contribution in [0.2, 0.25) is 0 Å². The molecule has 2 amide bonds. The van der Waals surface area contributed by atoms with Crippen molar-refractivity contribution in [1.29, 1.82) is 0 Å². The van der Waals surface area contributed by atoms with E-state index in [2.05, 4.69) is 10.6 Å². The van der Waals surface area contributed by atoms with Crippen LogP contribution in [0.5, 0.6) is 5.75 Å². The number of anilines is 1. The number of ether oxygens (including phenoxy) is 1. The molecular weight excluding hydrogens is 304 g/mol. The summed E-state index contributed by atoms with van der Waals surface area (Å²) >= 11 is 0. The van der Waals surface area contributed by atoms with Crippen molar-refractivity contribution in [3.63, 3.8) is 0 Å². The van der Waals surface area contributed by atoms with E-state index in [1.807, 2.05) is 42.5 Å². The average Bonchev–Trinajstić information content (AvgIpc) is 2.60. The van der Waals surface area contributed by atoms with Crippen LogP contribution in [0, 0.1) is 0 Å². The minimum Gasteiger partial charge on any atom is -0.497 e. The molecule has 2 aromatic carbocycles. The molecule has 0 fully saturated rings. The zero-order chi connectivity index (χ0) is 16.9. The predicted molar refractivity (Wildman–Crippen MR) is 91.9 cm³/mol. The van der Waals surface area contributed by atoms with E-state index >= 15 is 0 Å². The molecule has 24 heavy (non-hydrogen) atoms. The lowest BCUT2D eigenvalue weighted by atomic mass is 10.0. The van der Waals surface area contributed by atoms with Gasteiger partial charge in [-0.2, -0.15) is 0 Å². The van der Waals surface area contributed by atoms with E-state index in [4.69, 9.17) is 4.74 Å². The molecule has 5 heteroatoms. The lowest BCUT2D eigenvalue weighted by Gasteiger charge is -2.17. The van der Waals surface area contributed by atoms with Crippen LogP contribution in [0.4, 0.5) is 5.69 Å². The summed E-state index contributed by atoms with van der Waals surface area (Å²) in [5.41, 5.74) is 3.94. The summed E-state index contributed by atoms with van der Waals surface area (Å²) in [7, 11) is 1.61. The monoisotopic (exact) mass is 324 g/mol. The van der Waals surface area contributed by atoms with E-state index < -0.39 is 0 Å². The fourth-order valence-corrected chi connectivity index (χ4v) is 2.78. The van der Waals surface area contributed by atoms with E-state index in [1.54, 1.807) is 7.11 Å². The second-order valence-corrected chi connectivity index (χ2v) is 5.84. The normalized spacial score (nSPS) is 13.0. The number of benzene rings is 2. The van der Waals surface area contributed by atoms with Crippen molar-refractivity contribution in [2.24, 2.45) is 0 Å². The Kier molecular flexibility index (Phi) is 4.79. The number of nitrogens with one attached hydrogen (secondary N) is 2. The number of fused-ring (bicyclic) bond motifs is 1. The van der Waals surface area contributed by atoms with Crippen LogP contribution in [-0.2, 0) is 29.0 Å². The van der Waals surface area contributed by atoms with Crippen LogP contribution in [0.1, 0.15) is 23.1 Å². The molecule has 2 N–H and O–H groups in total. The number of amides is 2. The number of hydrogen-bond acceptors (Lipinski definition) is 3. The number of rotatable bonds is 5. The maximum Gasteiger partial charge on any atom is 0.224 e. The minimum absolute atomic E-state index is 0.0331. The van der Waals surface area contributed by atoms with Gasteiger partial charge in [0.25, 0.3) is 0 Å². The third-order valence-electron chi connectivity index (χ3n) is 4.05. The Morgan fingerprint density at radius 1 is 1.17 bits per heavy atom. The van der Waals surface area contributed by atoms with Crippen molar-refractivity contribution >= 4 is 17.5 Å². The van der Waals surface area contributed by atoms with E-state index in [-0.39, 0.29) is 11.8 Å². The third-order valence-corrected chi connectivity index (χ3v) is 4.05. The van der Waals surface area contributed by atoms with Gasteiger partial charge in [0.1, 0.15) is 5.75 Å². The molecule has 5 nitrogen and oxygen atoms in total. The fraction of sp³-hybridized carbons (Fsp3) is 0.263. The molecule has 2 aromatic rings. The number of aryl methyl sites for hydroxylation is 1. The number of carbonyl (C=O) groups excluding carboxylic acids is 2. The molecule has 1 aliphatic rings. The van der Waals surface area contributed by atoms with Gasteiger partial charge in [0.15, 0.2) is 0 Å². The summed E-state index contributed by atoms with van der Waals surface area (Å²) < 4.78 is 5.16. The topological polar surface area (TPSA) is 67.4 Å². The Balaban J connectivity index is 1.57. The molecule has 0 spiro atoms. The van der Waals surface area contributed by atoms with Crippen molar-refractivity contribution in [2.75, 3.05) is 12.4 Å². The van der Waals surface area contributed by atoms with Crippen molar-refractivity contribution < 1.29 is 14.3 Å². The molecule has 0 bridgehead atoms. The van der Waals surface area contributed by atoms with Gasteiger partial charge in [-0.05, 0) is 41.3 Å². The summed E-state index contributed by atoms with van der Waals surface area (Å²) in [4.78, 5) is 23.5. The molecule has 3 rings (SSSR count). The van der Waals surface area contributed by atoms with Gasteiger partial charge in [0.2, 0.25) is 11.8 Å². The molecular formula is C19H20N2O3. The Labute approximate surface area is 141 Å². The predicted octanol–water partition coefficient (Wildman–Crippen LogP) is 2.44. The highest BCUT2D eigenvalue weighted by atomic mass is 16.5. The Morgan fingerprint density at radius 2 is 2.04 bits per heavy atom. The molecule has 0 saturated heterocycles. The van der Waals surface area contributed by atoms with Gasteiger partial charge in [-0.3, -0.25) is 9.59 Å². The molecule has 1 heterocycles. The quantitative estimate of drug-likeness (QED) is 0.888. The first kappa shape index (κ1) is 16.1. The minimum atomic E-state index is -0.0331. The van der Waals surface area contributed by atoms with Gasteiger partial charge in [0, 0.05) is 18.7 Å². The van der Waals surface area contributed by atoms with E-state index in [0.29, 0.717) is 19.4 Å². The van der Waals surface area contributed by atoms with Gasteiger partial charge in [-0.25, -0.2) is 0 Å². The highest BCUT2D eigenvalue weighted by molar-refractivity contribution is 5.93. The van der Waals surface area contributed by atoms with Crippen molar-refractivity contribution in [2.45, 2.75) is 25.8 Å². The smallest absolute Gasteiger partial charge is 0.224 e. The molecule has 124 valence electrons. The molecule has 1 aliphatic heterocycles. The molecule has 0 saturated carbocycles. The van der Waals surface area contributed by atoms with Crippen LogP contribution < -0.4 is 15.4 Å². The average molecular weight is 324 g/mol. The first-order chi connectivity index (χ1) is 11.6. The summed E-state index contributed by atoms with van der Waals surface area (Å²) in [6.07, 6.45) is 1.57. The molecule has 0 aliphatic carbocycles. The number of hydrogen-bond donors (Lipinski definition) is 2. The Morgan fingerprint density at radius 3 is 2.88 bits per heavy atom. The maximum atomic E-state index is 12.1. The van der Waals surface area contributed by atoms with Crippen LogP contribution in [0.25, 0.3) is 0 Å². The van der Waals surface area contributed by atoms with Crippen LogP contribution in [-0.4, -0.2) is 18.9 Å². The first-order valence-corrected chi connectivity index (χ1v) is 7.95. The molecule has 0 unspecified atom stereocenters. The van der Waals surface area contributed by atoms with Crippen LogP contribution in [0.3, 0.4) is 0 Å². The van der Waals surface area contributed by atoms with E-state index in [1.165, 1.54) is 0 Å². The van der Waals surface area contributed by atoms with Gasteiger partial charge in [-0.15, -0.1) is 0 Å². The summed E-state index contributed by atoms with van der Waals surface area (Å²) in [6.45, 7) is 0.476. The fourth-order valence-electron chi connectivity index (χ4n) is 2.78. The van der Waals surface area contributed by atoms with Gasteiger partial charge < -0.3 is 15.4 Å². The standard InChI is InChI=1S/C19H20N2O3/c1-24-16-4-2-3-13(10-16)11-19(23)20-12-14-5-7-17-15(9-14)6-8-18(22)21-17/h2-5,7,9-10H,6,8,11-12H2,1H3,(H,20,23)(H,21,22). The molecule has 0 atom stereocenters. The van der Waals surface area contributed by atoms with Crippen LogP contribution >= 0.6 is 0 Å². The molecule has 0 aromatic heterocycles. The SMILES string of the molecule is COc1cccc(CC(=O)NCc2ccc3c(c2)CCC(=O)N3)c1. The second kappa shape index (κ2) is 7.17. The first-order valence-electron chi connectivity index (χ1n) is 7.95. The Bertz CT molecular complexity index is 771. The zero-order valence-electron chi connectivity index (χ0n) is 13.6. The largest absolute Gasteiger partial charge is 0.497 e. The summed E-state index contributed by atoms with van der Waals surface area (Å²) in [5, 5.41) is 5.79. The Hall–Kier alpha value is -2.82. The zero-order valence-corrected chi connectivity index (χ0v) is 13.6. The van der Waals surface area contributed by atoms with Crippen molar-refractivity contribution in [1.82, 2.24) is 5.32 Å². The van der Waals surface area contributed by atoms with Gasteiger partial charge >= 0.3 is 0 Å². The van der Waals surface area contributed by atoms with Crippen LogP contribution in [0.15, 0.2) is 42.5 Å². The lowest BCUT2D eigenvalue weighted by molar-refractivity contribution is -0.120.